The molecule has 2 atom stereocenters. The Morgan fingerprint density at radius 2 is 1.82 bits per heavy atom. The number of rotatable bonds is 7. The molecule has 1 fully saturated rings. The lowest BCUT2D eigenvalue weighted by molar-refractivity contribution is 0.340. The van der Waals surface area contributed by atoms with E-state index in [1.165, 1.54) is 5.56 Å². The van der Waals surface area contributed by atoms with Crippen LogP contribution in [0.2, 0.25) is 0 Å². The molecule has 5 rings (SSSR count). The summed E-state index contributed by atoms with van der Waals surface area (Å²) >= 11 is 7.40. The van der Waals surface area contributed by atoms with Crippen LogP contribution in [0.4, 0.5) is 5.69 Å². The summed E-state index contributed by atoms with van der Waals surface area (Å²) in [6.45, 7) is 4.69. The van der Waals surface area contributed by atoms with Gasteiger partial charge in [0.05, 0.1) is 18.3 Å². The molecule has 2 aromatic carbocycles. The van der Waals surface area contributed by atoms with E-state index in [0.717, 1.165) is 32.9 Å². The molecule has 1 saturated heterocycles. The van der Waals surface area contributed by atoms with Crippen molar-refractivity contribution in [3.63, 3.8) is 0 Å². The van der Waals surface area contributed by atoms with E-state index in [4.69, 9.17) is 21.4 Å². The zero-order valence-electron chi connectivity index (χ0n) is 19.0. The molecule has 2 unspecified atom stereocenters. The summed E-state index contributed by atoms with van der Waals surface area (Å²) < 4.78 is 12.0. The lowest BCUT2D eigenvalue weighted by Gasteiger charge is -2.26. The Morgan fingerprint density at radius 3 is 2.53 bits per heavy atom. The van der Waals surface area contributed by atoms with Crippen molar-refractivity contribution in [2.24, 2.45) is 0 Å². The van der Waals surface area contributed by atoms with Crippen molar-refractivity contribution in [3.05, 3.63) is 102 Å². The van der Waals surface area contributed by atoms with Gasteiger partial charge in [-0.15, -0.1) is 0 Å². The van der Waals surface area contributed by atoms with Crippen LogP contribution in [0.15, 0.2) is 99.5 Å². The molecule has 0 radical (unpaired) electrons. The average molecular weight is 488 g/mol. The molecule has 1 aliphatic rings. The molecule has 2 aromatic heterocycles. The Labute approximate surface area is 209 Å². The minimum absolute atomic E-state index is 0.149. The highest BCUT2D eigenvalue weighted by molar-refractivity contribution is 7.99. The summed E-state index contributed by atoms with van der Waals surface area (Å²) in [6, 6.07) is 26.1. The van der Waals surface area contributed by atoms with Crippen LogP contribution < -0.4 is 15.0 Å². The third-order valence-corrected chi connectivity index (χ3v) is 6.90. The van der Waals surface area contributed by atoms with Crippen LogP contribution in [0, 0.1) is 6.92 Å². The maximum absolute atomic E-state index is 6.39. The average Bonchev–Trinajstić information content (AvgIpc) is 3.46. The number of aromatic nitrogens is 1. The largest absolute Gasteiger partial charge is 0.494 e. The molecule has 172 valence electrons. The number of nitrogens with one attached hydrogen (secondary N) is 1. The molecule has 5 nitrogen and oxygen atoms in total. The number of pyridine rings is 1. The molecular formula is C27H25N3O2S2. The number of hydrogen-bond donors (Lipinski definition) is 1. The molecule has 7 heteroatoms. The highest BCUT2D eigenvalue weighted by Gasteiger charge is 2.42. The van der Waals surface area contributed by atoms with Gasteiger partial charge in [0, 0.05) is 16.8 Å². The van der Waals surface area contributed by atoms with Crippen molar-refractivity contribution >= 4 is 34.8 Å². The standard InChI is InChI=1S/C27H25N3O2S2/c1-3-31-20-11-9-19(10-12-20)30-26(25(29-27(30)33)22-6-4-5-17-28-22)23-15-16-24(32-23)34-21-13-7-18(2)8-14-21/h4-17,25-26H,3H2,1-2H3,(H,29,33). The monoisotopic (exact) mass is 487 g/mol. The SMILES string of the molecule is CCOc1ccc(N2C(=S)NC(c3ccccn3)C2c2ccc(Sc3ccc(C)cc3)o2)cc1. The summed E-state index contributed by atoms with van der Waals surface area (Å²) in [5.74, 6) is 1.66. The fraction of sp³-hybridized carbons (Fsp3) is 0.185. The van der Waals surface area contributed by atoms with Gasteiger partial charge in [-0.2, -0.15) is 0 Å². The van der Waals surface area contributed by atoms with Gasteiger partial charge in [-0.3, -0.25) is 4.98 Å². The van der Waals surface area contributed by atoms with E-state index in [0.29, 0.717) is 11.7 Å². The summed E-state index contributed by atoms with van der Waals surface area (Å²) in [7, 11) is 0. The Kier molecular flexibility index (Phi) is 6.56. The number of furan rings is 1. The summed E-state index contributed by atoms with van der Waals surface area (Å²) in [5.41, 5.74) is 3.11. The van der Waals surface area contributed by atoms with E-state index >= 15 is 0 Å². The van der Waals surface area contributed by atoms with Crippen LogP contribution in [-0.2, 0) is 0 Å². The fourth-order valence-electron chi connectivity index (χ4n) is 4.06. The molecule has 0 amide bonds. The number of hydrogen-bond acceptors (Lipinski definition) is 5. The third kappa shape index (κ3) is 4.67. The molecule has 34 heavy (non-hydrogen) atoms. The Hall–Kier alpha value is -3.29. The fourth-order valence-corrected chi connectivity index (χ4v) is 5.19. The number of anilines is 1. The highest BCUT2D eigenvalue weighted by Crippen LogP contribution is 2.43. The van der Waals surface area contributed by atoms with Crippen LogP contribution >= 0.6 is 24.0 Å². The van der Waals surface area contributed by atoms with Crippen molar-refractivity contribution in [2.75, 3.05) is 11.5 Å². The molecule has 0 bridgehead atoms. The molecule has 0 saturated carbocycles. The number of benzene rings is 2. The van der Waals surface area contributed by atoms with Crippen LogP contribution in [-0.4, -0.2) is 16.7 Å². The molecule has 3 heterocycles. The maximum Gasteiger partial charge on any atom is 0.174 e. The van der Waals surface area contributed by atoms with E-state index < -0.39 is 0 Å². The van der Waals surface area contributed by atoms with Crippen molar-refractivity contribution in [1.82, 2.24) is 10.3 Å². The third-order valence-electron chi connectivity index (χ3n) is 5.66. The van der Waals surface area contributed by atoms with Gasteiger partial charge < -0.3 is 19.4 Å². The second kappa shape index (κ2) is 9.91. The molecule has 1 N–H and O–H groups in total. The zero-order valence-corrected chi connectivity index (χ0v) is 20.6. The van der Waals surface area contributed by atoms with Crippen LogP contribution in [0.3, 0.4) is 0 Å². The molecule has 1 aliphatic heterocycles. The highest BCUT2D eigenvalue weighted by atomic mass is 32.2. The minimum Gasteiger partial charge on any atom is -0.494 e. The summed E-state index contributed by atoms with van der Waals surface area (Å²) in [6.07, 6.45) is 1.80. The first-order valence-electron chi connectivity index (χ1n) is 11.2. The van der Waals surface area contributed by atoms with Gasteiger partial charge in [-0.1, -0.05) is 35.5 Å². The van der Waals surface area contributed by atoms with Crippen molar-refractivity contribution in [2.45, 2.75) is 35.9 Å². The Morgan fingerprint density at radius 1 is 1.03 bits per heavy atom. The minimum atomic E-state index is -0.187. The van der Waals surface area contributed by atoms with Crippen molar-refractivity contribution < 1.29 is 9.15 Å². The van der Waals surface area contributed by atoms with Gasteiger partial charge in [0.15, 0.2) is 10.2 Å². The lowest BCUT2D eigenvalue weighted by atomic mass is 10.0. The topological polar surface area (TPSA) is 50.5 Å². The Bertz CT molecular complexity index is 1260. The summed E-state index contributed by atoms with van der Waals surface area (Å²) in [5, 5.41) is 4.94. The predicted molar refractivity (Wildman–Crippen MR) is 140 cm³/mol. The van der Waals surface area contributed by atoms with Gasteiger partial charge in [0.25, 0.3) is 0 Å². The first kappa shape index (κ1) is 22.5. The second-order valence-electron chi connectivity index (χ2n) is 8.00. The van der Waals surface area contributed by atoms with E-state index in [9.17, 15) is 0 Å². The number of aryl methyl sites for hydroxylation is 1. The van der Waals surface area contributed by atoms with Gasteiger partial charge in [-0.25, -0.2) is 0 Å². The Balaban J connectivity index is 1.50. The van der Waals surface area contributed by atoms with Gasteiger partial charge in [-0.05, 0) is 86.7 Å². The van der Waals surface area contributed by atoms with Gasteiger partial charge >= 0.3 is 0 Å². The normalized spacial score (nSPS) is 17.6. The van der Waals surface area contributed by atoms with Crippen LogP contribution in [0.5, 0.6) is 5.75 Å². The molecular weight excluding hydrogens is 462 g/mol. The molecule has 4 aromatic rings. The van der Waals surface area contributed by atoms with Crippen LogP contribution in [0.25, 0.3) is 0 Å². The first-order valence-corrected chi connectivity index (χ1v) is 12.4. The maximum atomic E-state index is 6.39. The van der Waals surface area contributed by atoms with Gasteiger partial charge in [0.1, 0.15) is 17.6 Å². The van der Waals surface area contributed by atoms with E-state index in [1.54, 1.807) is 18.0 Å². The van der Waals surface area contributed by atoms with Crippen molar-refractivity contribution in [1.29, 1.82) is 0 Å². The van der Waals surface area contributed by atoms with E-state index in [2.05, 4.69) is 46.4 Å². The molecule has 0 aliphatic carbocycles. The first-order chi connectivity index (χ1) is 16.6. The quantitative estimate of drug-likeness (QED) is 0.291. The lowest BCUT2D eigenvalue weighted by Crippen LogP contribution is -2.29. The van der Waals surface area contributed by atoms with Crippen molar-refractivity contribution in [3.8, 4) is 5.75 Å². The molecule has 0 spiro atoms. The number of ether oxygens (including phenoxy) is 1. The second-order valence-corrected chi connectivity index (χ2v) is 9.46. The summed E-state index contributed by atoms with van der Waals surface area (Å²) in [4.78, 5) is 7.84. The van der Waals surface area contributed by atoms with E-state index in [-0.39, 0.29) is 12.1 Å². The van der Waals surface area contributed by atoms with Crippen LogP contribution in [0.1, 0.15) is 36.0 Å². The van der Waals surface area contributed by atoms with E-state index in [1.807, 2.05) is 61.5 Å². The van der Waals surface area contributed by atoms with Gasteiger partial charge in [0.2, 0.25) is 0 Å². The number of nitrogens with zero attached hydrogens (tertiary/aromatic N) is 2. The smallest absolute Gasteiger partial charge is 0.174 e. The predicted octanol–water partition coefficient (Wildman–Crippen LogP) is 6.71. The zero-order chi connectivity index (χ0) is 23.5. The number of thiocarbonyl (C=S) groups is 1.